The van der Waals surface area contributed by atoms with Gasteiger partial charge in [0, 0.05) is 50.1 Å². The number of rotatable bonds is 15. The molecule has 2 aliphatic heterocycles. The van der Waals surface area contributed by atoms with Crippen molar-refractivity contribution in [2.75, 3.05) is 26.2 Å². The quantitative estimate of drug-likeness (QED) is 0.158. The van der Waals surface area contributed by atoms with Crippen molar-refractivity contribution in [2.45, 2.75) is 82.8 Å². The average molecular weight is 703 g/mol. The number of amides is 3. The van der Waals surface area contributed by atoms with Crippen LogP contribution >= 0.6 is 0 Å². The molecular formula is C40H45F3N4O4. The minimum Gasteiger partial charge on any atom is -0.488 e. The molecule has 3 aromatic rings. The van der Waals surface area contributed by atoms with Crippen LogP contribution in [-0.4, -0.2) is 71.9 Å². The Bertz CT molecular complexity index is 1790. The summed E-state index contributed by atoms with van der Waals surface area (Å²) < 4.78 is 46.7. The molecule has 1 saturated carbocycles. The molecule has 1 aliphatic carbocycles. The number of piperazine rings is 1. The Kier molecular flexibility index (Phi) is 11.4. The zero-order chi connectivity index (χ0) is 36.1. The van der Waals surface area contributed by atoms with Gasteiger partial charge in [-0.1, -0.05) is 48.5 Å². The van der Waals surface area contributed by atoms with E-state index in [0.717, 1.165) is 48.1 Å². The van der Waals surface area contributed by atoms with E-state index in [-0.39, 0.29) is 49.4 Å². The number of carbonyl (C=O) groups is 3. The van der Waals surface area contributed by atoms with E-state index in [1.807, 2.05) is 46.2 Å². The highest BCUT2D eigenvalue weighted by Crippen LogP contribution is 2.37. The average Bonchev–Trinajstić information content (AvgIpc) is 3.95. The first-order valence-electron chi connectivity index (χ1n) is 17.8. The minimum atomic E-state index is -1.34. The van der Waals surface area contributed by atoms with Gasteiger partial charge in [0.05, 0.1) is 12.6 Å². The molecule has 1 saturated heterocycles. The fourth-order valence-electron chi connectivity index (χ4n) is 7.23. The molecule has 2 unspecified atom stereocenters. The fraction of sp³-hybridized carbons (Fsp3) is 0.425. The van der Waals surface area contributed by atoms with Gasteiger partial charge in [0.15, 0.2) is 17.4 Å². The molecule has 0 radical (unpaired) electrons. The molecule has 8 nitrogen and oxygen atoms in total. The second-order valence-electron chi connectivity index (χ2n) is 13.9. The molecule has 3 aromatic carbocycles. The lowest BCUT2D eigenvalue weighted by Gasteiger charge is -2.45. The molecule has 0 spiro atoms. The molecule has 2 heterocycles. The maximum absolute atomic E-state index is 14.7. The molecule has 270 valence electrons. The molecule has 3 amide bonds. The standard InChI is InChI=1S/C40H45F3N4O4/c1-25-6-2-3-8-27(25)19-20-47(30-15-16-30)40(50)37-31(22-29-23-46(24-34(37)45-29)36(49)10-4-9-35(44)48)28-13-11-26(12-14-28)7-5-21-51-39-33(42)18-17-32(41)38(39)43/h2-3,6,8,11-14,17-18,29-30,34,45H,4-5,7,9-10,15-16,19-24H2,1H3,(H2,44,48). The molecule has 2 atom stereocenters. The molecule has 11 heteroatoms. The van der Waals surface area contributed by atoms with Crippen LogP contribution in [0.15, 0.2) is 66.2 Å². The third-order valence-corrected chi connectivity index (χ3v) is 10.1. The van der Waals surface area contributed by atoms with Crippen LogP contribution in [0.5, 0.6) is 5.75 Å². The number of carbonyl (C=O) groups excluding carboxylic acids is 3. The summed E-state index contributed by atoms with van der Waals surface area (Å²) in [7, 11) is 0. The molecule has 2 bridgehead atoms. The lowest BCUT2D eigenvalue weighted by molar-refractivity contribution is -0.134. The second kappa shape index (κ2) is 16.1. The SMILES string of the molecule is Cc1ccccc1CCN(C(=O)C1=C(c2ccc(CCCOc3c(F)ccc(F)c3F)cc2)CC2CN(C(=O)CCCC(N)=O)CC1N2)C1CC1. The summed E-state index contributed by atoms with van der Waals surface area (Å²) in [4.78, 5) is 43.0. The van der Waals surface area contributed by atoms with Crippen molar-refractivity contribution >= 4 is 23.3 Å². The van der Waals surface area contributed by atoms with Crippen molar-refractivity contribution in [3.8, 4) is 5.75 Å². The van der Waals surface area contributed by atoms with E-state index in [0.29, 0.717) is 50.9 Å². The van der Waals surface area contributed by atoms with Crippen LogP contribution in [-0.2, 0) is 27.2 Å². The predicted molar refractivity (Wildman–Crippen MR) is 188 cm³/mol. The van der Waals surface area contributed by atoms with Crippen molar-refractivity contribution < 1.29 is 32.3 Å². The third kappa shape index (κ3) is 8.81. The lowest BCUT2D eigenvalue weighted by atomic mass is 9.82. The summed E-state index contributed by atoms with van der Waals surface area (Å²) in [6.07, 6.45) is 5.04. The Morgan fingerprint density at radius 3 is 2.39 bits per heavy atom. The van der Waals surface area contributed by atoms with Crippen molar-refractivity contribution in [1.29, 1.82) is 0 Å². The number of benzene rings is 3. The Hall–Kier alpha value is -4.64. The summed E-state index contributed by atoms with van der Waals surface area (Å²) in [5, 5.41) is 3.65. The van der Waals surface area contributed by atoms with Crippen molar-refractivity contribution in [3.05, 3.63) is 106 Å². The van der Waals surface area contributed by atoms with E-state index in [1.54, 1.807) is 0 Å². The number of halogens is 3. The third-order valence-electron chi connectivity index (χ3n) is 10.1. The number of nitrogens with two attached hydrogens (primary N) is 1. The van der Waals surface area contributed by atoms with Crippen LogP contribution in [0, 0.1) is 24.4 Å². The van der Waals surface area contributed by atoms with Crippen LogP contribution in [0.2, 0.25) is 0 Å². The van der Waals surface area contributed by atoms with E-state index in [4.69, 9.17) is 10.5 Å². The number of fused-ring (bicyclic) bond motifs is 2. The molecule has 3 N–H and O–H groups in total. The van der Waals surface area contributed by atoms with Crippen molar-refractivity contribution in [2.24, 2.45) is 5.73 Å². The summed E-state index contributed by atoms with van der Waals surface area (Å²) in [6, 6.07) is 17.6. The van der Waals surface area contributed by atoms with Gasteiger partial charge in [-0.05, 0) is 91.8 Å². The minimum absolute atomic E-state index is 0.00176. The largest absolute Gasteiger partial charge is 0.488 e. The van der Waals surface area contributed by atoms with Crippen LogP contribution in [0.3, 0.4) is 0 Å². The summed E-state index contributed by atoms with van der Waals surface area (Å²) in [5.41, 5.74) is 11.3. The highest BCUT2D eigenvalue weighted by atomic mass is 19.2. The van der Waals surface area contributed by atoms with Gasteiger partial charge < -0.3 is 25.6 Å². The highest BCUT2D eigenvalue weighted by Gasteiger charge is 2.43. The Morgan fingerprint density at radius 1 is 0.922 bits per heavy atom. The number of hydrogen-bond donors (Lipinski definition) is 2. The van der Waals surface area contributed by atoms with Gasteiger partial charge in [0.1, 0.15) is 0 Å². The highest BCUT2D eigenvalue weighted by molar-refractivity contribution is 6.03. The first kappa shape index (κ1) is 36.2. The van der Waals surface area contributed by atoms with Crippen molar-refractivity contribution in [3.63, 3.8) is 0 Å². The summed E-state index contributed by atoms with van der Waals surface area (Å²) in [6.45, 7) is 3.55. The van der Waals surface area contributed by atoms with E-state index in [2.05, 4.69) is 24.4 Å². The number of hydrogen-bond acceptors (Lipinski definition) is 5. The maximum atomic E-state index is 14.7. The normalized spacial score (nSPS) is 18.5. The van der Waals surface area contributed by atoms with E-state index >= 15 is 0 Å². The molecule has 2 fully saturated rings. The Labute approximate surface area is 296 Å². The number of nitrogens with one attached hydrogen (secondary N) is 1. The first-order valence-corrected chi connectivity index (χ1v) is 17.8. The smallest absolute Gasteiger partial charge is 0.252 e. The van der Waals surface area contributed by atoms with Gasteiger partial charge in [0.25, 0.3) is 5.91 Å². The summed E-state index contributed by atoms with van der Waals surface area (Å²) in [5.74, 6) is -4.64. The van der Waals surface area contributed by atoms with Crippen LogP contribution in [0.25, 0.3) is 5.57 Å². The van der Waals surface area contributed by atoms with E-state index in [9.17, 15) is 27.6 Å². The molecule has 6 rings (SSSR count). The molecular weight excluding hydrogens is 657 g/mol. The van der Waals surface area contributed by atoms with E-state index in [1.165, 1.54) is 11.1 Å². The van der Waals surface area contributed by atoms with Crippen molar-refractivity contribution in [1.82, 2.24) is 15.1 Å². The van der Waals surface area contributed by atoms with Crippen LogP contribution in [0.4, 0.5) is 13.2 Å². The number of aryl methyl sites for hydroxylation is 2. The van der Waals surface area contributed by atoms with Crippen LogP contribution in [0.1, 0.15) is 67.2 Å². The first-order chi connectivity index (χ1) is 24.6. The number of ether oxygens (including phenoxy) is 1. The Balaban J connectivity index is 1.21. The van der Waals surface area contributed by atoms with Crippen LogP contribution < -0.4 is 15.8 Å². The fourth-order valence-corrected chi connectivity index (χ4v) is 7.23. The maximum Gasteiger partial charge on any atom is 0.252 e. The lowest BCUT2D eigenvalue weighted by Crippen LogP contribution is -2.62. The monoisotopic (exact) mass is 702 g/mol. The molecule has 3 aliphatic rings. The summed E-state index contributed by atoms with van der Waals surface area (Å²) >= 11 is 0. The molecule has 51 heavy (non-hydrogen) atoms. The number of primary amides is 1. The van der Waals surface area contributed by atoms with Gasteiger partial charge in [-0.3, -0.25) is 14.4 Å². The van der Waals surface area contributed by atoms with E-state index < -0.39 is 29.1 Å². The number of nitrogens with zero attached hydrogens (tertiary/aromatic N) is 2. The predicted octanol–water partition coefficient (Wildman–Crippen LogP) is 5.64. The Morgan fingerprint density at radius 2 is 1.67 bits per heavy atom. The zero-order valence-corrected chi connectivity index (χ0v) is 28.9. The second-order valence-corrected chi connectivity index (χ2v) is 13.9. The van der Waals surface area contributed by atoms with Gasteiger partial charge in [-0.15, -0.1) is 0 Å². The van der Waals surface area contributed by atoms with Gasteiger partial charge >= 0.3 is 0 Å². The molecule has 0 aromatic heterocycles. The van der Waals surface area contributed by atoms with Gasteiger partial charge in [-0.2, -0.15) is 4.39 Å². The van der Waals surface area contributed by atoms with Gasteiger partial charge in [-0.25, -0.2) is 8.78 Å². The topological polar surface area (TPSA) is 105 Å². The van der Waals surface area contributed by atoms with Gasteiger partial charge in [0.2, 0.25) is 17.6 Å². The zero-order valence-electron chi connectivity index (χ0n) is 28.9.